The zero-order valence-corrected chi connectivity index (χ0v) is 15.0. The van der Waals surface area contributed by atoms with Crippen LogP contribution in [0.15, 0.2) is 24.3 Å². The molecule has 1 aromatic rings. The molecule has 0 heterocycles. The average Bonchev–Trinajstić information content (AvgIpc) is 2.57. The number of benzene rings is 1. The molecule has 0 spiro atoms. The lowest BCUT2D eigenvalue weighted by Crippen LogP contribution is -2.58. The highest BCUT2D eigenvalue weighted by Crippen LogP contribution is 2.53. The first-order chi connectivity index (χ1) is 11.5. The van der Waals surface area contributed by atoms with Gasteiger partial charge in [0.05, 0.1) is 12.5 Å². The molecule has 0 aromatic heterocycles. The predicted octanol–water partition coefficient (Wildman–Crippen LogP) is 3.91. The van der Waals surface area contributed by atoms with E-state index in [0.29, 0.717) is 17.9 Å². The summed E-state index contributed by atoms with van der Waals surface area (Å²) in [5.41, 5.74) is 0.478. The Morgan fingerprint density at radius 3 is 2.29 bits per heavy atom. The zero-order chi connectivity index (χ0) is 16.9. The number of rotatable bonds is 4. The lowest BCUT2D eigenvalue weighted by atomic mass is 9.54. The summed E-state index contributed by atoms with van der Waals surface area (Å²) in [7, 11) is 1.67. The van der Waals surface area contributed by atoms with Crippen LogP contribution in [0.3, 0.4) is 0 Å². The second kappa shape index (κ2) is 5.79. The lowest BCUT2D eigenvalue weighted by molar-refractivity contribution is -0.129. The number of methoxy groups -OCH3 is 1. The normalized spacial score (nSPS) is 34.2. The molecule has 5 rings (SSSR count). The molecule has 0 radical (unpaired) electrons. The van der Waals surface area contributed by atoms with Crippen molar-refractivity contribution in [3.05, 3.63) is 29.8 Å². The van der Waals surface area contributed by atoms with Crippen molar-refractivity contribution in [2.75, 3.05) is 7.11 Å². The maximum atomic E-state index is 13.1. The van der Waals surface area contributed by atoms with Gasteiger partial charge in [-0.05, 0) is 87.3 Å². The average molecular weight is 327 g/mol. The van der Waals surface area contributed by atoms with Crippen molar-refractivity contribution in [2.24, 2.45) is 23.7 Å². The van der Waals surface area contributed by atoms with E-state index in [1.165, 1.54) is 32.1 Å². The number of ether oxygens (including phenoxy) is 1. The van der Waals surface area contributed by atoms with Crippen molar-refractivity contribution in [2.45, 2.75) is 57.4 Å². The first kappa shape index (κ1) is 16.0. The summed E-state index contributed by atoms with van der Waals surface area (Å²) >= 11 is 0. The number of amides is 1. The summed E-state index contributed by atoms with van der Waals surface area (Å²) in [4.78, 5) is 13.1. The number of carbonyl (C=O) groups is 1. The highest BCUT2D eigenvalue weighted by Gasteiger charge is 2.49. The smallest absolute Gasteiger partial charge is 0.230 e. The molecule has 4 aliphatic carbocycles. The minimum Gasteiger partial charge on any atom is -0.497 e. The minimum absolute atomic E-state index is 0.160. The van der Waals surface area contributed by atoms with Gasteiger partial charge in [-0.2, -0.15) is 0 Å². The van der Waals surface area contributed by atoms with Gasteiger partial charge in [-0.1, -0.05) is 12.1 Å². The molecular formula is C21H29NO2. The highest BCUT2D eigenvalue weighted by molar-refractivity contribution is 5.87. The highest BCUT2D eigenvalue weighted by atomic mass is 16.5. The number of nitrogens with one attached hydrogen (secondary N) is 1. The van der Waals surface area contributed by atoms with Gasteiger partial charge in [-0.3, -0.25) is 4.79 Å². The van der Waals surface area contributed by atoms with E-state index >= 15 is 0 Å². The zero-order valence-electron chi connectivity index (χ0n) is 15.0. The fraction of sp³-hybridized carbons (Fsp3) is 0.667. The topological polar surface area (TPSA) is 38.3 Å². The molecule has 0 atom stereocenters. The third-order valence-corrected chi connectivity index (χ3v) is 6.88. The van der Waals surface area contributed by atoms with E-state index in [1.807, 2.05) is 38.1 Å². The molecule has 0 saturated heterocycles. The van der Waals surface area contributed by atoms with Gasteiger partial charge in [-0.15, -0.1) is 0 Å². The Labute approximate surface area is 145 Å². The third kappa shape index (κ3) is 2.62. The molecule has 4 bridgehead atoms. The van der Waals surface area contributed by atoms with Crippen LogP contribution < -0.4 is 10.1 Å². The van der Waals surface area contributed by atoms with E-state index in [-0.39, 0.29) is 5.91 Å². The van der Waals surface area contributed by atoms with Crippen LogP contribution in [0.5, 0.6) is 5.75 Å². The van der Waals surface area contributed by atoms with Crippen molar-refractivity contribution in [3.8, 4) is 5.75 Å². The van der Waals surface area contributed by atoms with Crippen molar-refractivity contribution in [1.82, 2.24) is 5.32 Å². The molecule has 1 aromatic carbocycles. The van der Waals surface area contributed by atoms with Gasteiger partial charge in [0.15, 0.2) is 0 Å². The first-order valence-corrected chi connectivity index (χ1v) is 9.43. The van der Waals surface area contributed by atoms with Gasteiger partial charge in [0.1, 0.15) is 5.75 Å². The van der Waals surface area contributed by atoms with Crippen LogP contribution in [0.25, 0.3) is 0 Å². The van der Waals surface area contributed by atoms with E-state index < -0.39 is 5.41 Å². The predicted molar refractivity (Wildman–Crippen MR) is 95.0 cm³/mol. The summed E-state index contributed by atoms with van der Waals surface area (Å²) in [6.07, 6.45) is 6.77. The molecule has 3 heteroatoms. The molecule has 0 unspecified atom stereocenters. The Morgan fingerprint density at radius 1 is 1.08 bits per heavy atom. The Bertz CT molecular complexity index is 608. The van der Waals surface area contributed by atoms with Crippen LogP contribution >= 0.6 is 0 Å². The summed E-state index contributed by atoms with van der Waals surface area (Å²) in [6, 6.07) is 8.30. The van der Waals surface area contributed by atoms with E-state index in [1.54, 1.807) is 7.11 Å². The molecular weight excluding hydrogens is 298 g/mol. The van der Waals surface area contributed by atoms with Gasteiger partial charge < -0.3 is 10.1 Å². The van der Waals surface area contributed by atoms with Crippen LogP contribution in [0, 0.1) is 23.7 Å². The molecule has 24 heavy (non-hydrogen) atoms. The number of hydrogen-bond acceptors (Lipinski definition) is 2. The summed E-state index contributed by atoms with van der Waals surface area (Å²) < 4.78 is 5.33. The summed E-state index contributed by atoms with van der Waals surface area (Å²) in [5, 5.41) is 3.46. The van der Waals surface area contributed by atoms with E-state index in [2.05, 4.69) is 5.32 Å². The fourth-order valence-electron chi connectivity index (χ4n) is 5.64. The summed E-state index contributed by atoms with van der Waals surface area (Å²) in [6.45, 7) is 4.04. The Morgan fingerprint density at radius 2 is 1.71 bits per heavy atom. The lowest BCUT2D eigenvalue weighted by Gasteiger charge is -2.54. The fourth-order valence-corrected chi connectivity index (χ4v) is 5.64. The van der Waals surface area contributed by atoms with Crippen molar-refractivity contribution < 1.29 is 9.53 Å². The largest absolute Gasteiger partial charge is 0.497 e. The van der Waals surface area contributed by atoms with Gasteiger partial charge >= 0.3 is 0 Å². The van der Waals surface area contributed by atoms with Crippen LogP contribution in [0.1, 0.15) is 51.5 Å². The third-order valence-electron chi connectivity index (χ3n) is 6.88. The standard InChI is InChI=1S/C21H29NO2/c1-21(2,17-5-4-6-18(12-17)24-3)20(23)22-19-15-8-13-7-14(10-15)11-16(19)9-13/h4-6,12-16,19H,7-11H2,1-3H3,(H,22,23). The Balaban J connectivity index is 1.51. The van der Waals surface area contributed by atoms with Crippen LogP contribution in [-0.4, -0.2) is 19.1 Å². The van der Waals surface area contributed by atoms with Gasteiger partial charge in [0, 0.05) is 6.04 Å². The molecule has 0 aliphatic heterocycles. The number of hydrogen-bond donors (Lipinski definition) is 1. The van der Waals surface area contributed by atoms with Crippen LogP contribution in [-0.2, 0) is 10.2 Å². The van der Waals surface area contributed by atoms with Crippen molar-refractivity contribution in [3.63, 3.8) is 0 Å². The minimum atomic E-state index is -0.538. The molecule has 4 saturated carbocycles. The maximum Gasteiger partial charge on any atom is 0.230 e. The van der Waals surface area contributed by atoms with Gasteiger partial charge in [-0.25, -0.2) is 0 Å². The van der Waals surface area contributed by atoms with Crippen LogP contribution in [0.4, 0.5) is 0 Å². The van der Waals surface area contributed by atoms with E-state index in [0.717, 1.165) is 23.1 Å². The van der Waals surface area contributed by atoms with Crippen molar-refractivity contribution >= 4 is 5.91 Å². The van der Waals surface area contributed by atoms with E-state index in [4.69, 9.17) is 4.74 Å². The summed E-state index contributed by atoms with van der Waals surface area (Å²) in [5.74, 6) is 4.27. The van der Waals surface area contributed by atoms with Gasteiger partial charge in [0.2, 0.25) is 5.91 Å². The first-order valence-electron chi connectivity index (χ1n) is 9.43. The molecule has 4 fully saturated rings. The molecule has 1 N–H and O–H groups in total. The maximum absolute atomic E-state index is 13.1. The van der Waals surface area contributed by atoms with Crippen LogP contribution in [0.2, 0.25) is 0 Å². The van der Waals surface area contributed by atoms with Gasteiger partial charge in [0.25, 0.3) is 0 Å². The SMILES string of the molecule is COc1cccc(C(C)(C)C(=O)NC2C3CC4CC(C3)CC2C4)c1. The molecule has 130 valence electrons. The van der Waals surface area contributed by atoms with Crippen molar-refractivity contribution in [1.29, 1.82) is 0 Å². The molecule has 3 nitrogen and oxygen atoms in total. The molecule has 4 aliphatic rings. The monoisotopic (exact) mass is 327 g/mol. The second-order valence-electron chi connectivity index (χ2n) is 8.79. The molecule has 1 amide bonds. The Kier molecular flexibility index (Phi) is 3.85. The van der Waals surface area contributed by atoms with E-state index in [9.17, 15) is 4.79 Å². The second-order valence-corrected chi connectivity index (χ2v) is 8.79. The quantitative estimate of drug-likeness (QED) is 0.910. The Hall–Kier alpha value is -1.51. The number of carbonyl (C=O) groups excluding carboxylic acids is 1.